The van der Waals surface area contributed by atoms with Crippen molar-refractivity contribution in [2.24, 2.45) is 0 Å². The highest BCUT2D eigenvalue weighted by molar-refractivity contribution is 5.95. The van der Waals surface area contributed by atoms with Crippen molar-refractivity contribution in [1.29, 1.82) is 0 Å². The van der Waals surface area contributed by atoms with Crippen LogP contribution in [0, 0.1) is 0 Å². The van der Waals surface area contributed by atoms with Crippen molar-refractivity contribution in [1.82, 2.24) is 0 Å². The summed E-state index contributed by atoms with van der Waals surface area (Å²) in [7, 11) is 3.22. The Labute approximate surface area is 146 Å². The molecule has 5 nitrogen and oxygen atoms in total. The Balaban J connectivity index is 1.69. The molecule has 126 valence electrons. The Bertz CT molecular complexity index is 842. The molecule has 0 bridgehead atoms. The first-order valence-electron chi connectivity index (χ1n) is 7.92. The van der Waals surface area contributed by atoms with E-state index in [0.717, 1.165) is 16.9 Å². The topological polar surface area (TPSA) is 43.3 Å². The van der Waals surface area contributed by atoms with Gasteiger partial charge in [-0.2, -0.15) is 4.57 Å². The molecule has 0 unspecified atom stereocenters. The van der Waals surface area contributed by atoms with Gasteiger partial charge in [-0.15, -0.1) is 0 Å². The predicted molar refractivity (Wildman–Crippen MR) is 92.1 cm³/mol. The van der Waals surface area contributed by atoms with E-state index < -0.39 is 0 Å². The Morgan fingerprint density at radius 1 is 0.840 bits per heavy atom. The maximum Gasteiger partial charge on any atom is 0.227 e. The zero-order chi connectivity index (χ0) is 17.6. The van der Waals surface area contributed by atoms with Crippen LogP contribution in [-0.4, -0.2) is 20.0 Å². The quantitative estimate of drug-likeness (QED) is 0.510. The number of hydrogen-bond acceptors (Lipinski definition) is 3. The number of methoxy groups -OCH3 is 1. The van der Waals surface area contributed by atoms with Crippen molar-refractivity contribution in [2.75, 3.05) is 14.2 Å². The highest BCUT2D eigenvalue weighted by Crippen LogP contribution is 2.15. The zero-order valence-corrected chi connectivity index (χ0v) is 14.3. The average Bonchev–Trinajstić information content (AvgIpc) is 2.68. The number of hydrogen-bond donors (Lipinski definition) is 0. The molecule has 0 saturated heterocycles. The number of ketones is 1. The maximum atomic E-state index is 12.4. The molecule has 0 spiro atoms. The number of nitrogens with zero attached hydrogens (tertiary/aromatic N) is 2. The second-order valence-corrected chi connectivity index (χ2v) is 5.54. The van der Waals surface area contributed by atoms with E-state index >= 15 is 0 Å². The fourth-order valence-electron chi connectivity index (χ4n) is 2.52. The van der Waals surface area contributed by atoms with E-state index in [2.05, 4.69) is 0 Å². The molecule has 2 heterocycles. The molecular formula is C20H20N2O3+2. The van der Waals surface area contributed by atoms with Gasteiger partial charge in [-0.25, -0.2) is 0 Å². The van der Waals surface area contributed by atoms with Crippen LogP contribution in [0.15, 0.2) is 73.3 Å². The Morgan fingerprint density at radius 2 is 1.40 bits per heavy atom. The largest absolute Gasteiger partial charge is 0.497 e. The van der Waals surface area contributed by atoms with Crippen molar-refractivity contribution < 1.29 is 23.7 Å². The summed E-state index contributed by atoms with van der Waals surface area (Å²) < 4.78 is 8.61. The van der Waals surface area contributed by atoms with Gasteiger partial charge in [0.15, 0.2) is 12.4 Å². The van der Waals surface area contributed by atoms with Gasteiger partial charge in [0.05, 0.1) is 7.11 Å². The van der Waals surface area contributed by atoms with Gasteiger partial charge in [0.1, 0.15) is 12.9 Å². The number of Topliss-reactive ketones (excluding diaryl/α,β-unsaturated/α-hetero) is 1. The molecule has 0 aliphatic carbocycles. The Kier molecular flexibility index (Phi) is 5.04. The van der Waals surface area contributed by atoms with Gasteiger partial charge in [-0.3, -0.25) is 9.63 Å². The van der Waals surface area contributed by atoms with Crippen LogP contribution in [0.3, 0.4) is 0 Å². The van der Waals surface area contributed by atoms with Crippen LogP contribution in [0.4, 0.5) is 0 Å². The van der Waals surface area contributed by atoms with Gasteiger partial charge in [0, 0.05) is 34.6 Å². The van der Waals surface area contributed by atoms with Gasteiger partial charge >= 0.3 is 0 Å². The van der Waals surface area contributed by atoms with E-state index in [1.165, 1.54) is 0 Å². The van der Waals surface area contributed by atoms with Crippen LogP contribution >= 0.6 is 0 Å². The third kappa shape index (κ3) is 4.01. The number of carbonyl (C=O) groups is 1. The number of ether oxygens (including phenoxy) is 1. The fourth-order valence-corrected chi connectivity index (χ4v) is 2.52. The number of rotatable bonds is 6. The fraction of sp³-hybridized carbons (Fsp3) is 0.150. The van der Waals surface area contributed by atoms with E-state index in [1.54, 1.807) is 43.2 Å². The second kappa shape index (κ2) is 7.57. The second-order valence-electron chi connectivity index (χ2n) is 5.54. The van der Waals surface area contributed by atoms with E-state index in [4.69, 9.17) is 9.57 Å². The number of pyridine rings is 2. The minimum atomic E-state index is 0.0567. The van der Waals surface area contributed by atoms with Crippen molar-refractivity contribution in [3.8, 4) is 16.9 Å². The van der Waals surface area contributed by atoms with Gasteiger partial charge in [-0.05, 0) is 35.4 Å². The lowest BCUT2D eigenvalue weighted by Crippen LogP contribution is -2.39. The lowest BCUT2D eigenvalue weighted by atomic mass is 10.1. The van der Waals surface area contributed by atoms with E-state index in [0.29, 0.717) is 12.1 Å². The normalized spacial score (nSPS) is 10.3. The van der Waals surface area contributed by atoms with Gasteiger partial charge in [0.2, 0.25) is 24.7 Å². The molecule has 3 rings (SSSR count). The third-order valence-corrected chi connectivity index (χ3v) is 3.98. The van der Waals surface area contributed by atoms with Crippen molar-refractivity contribution in [3.63, 3.8) is 0 Å². The molecule has 5 heteroatoms. The van der Waals surface area contributed by atoms with Crippen molar-refractivity contribution in [3.05, 3.63) is 78.9 Å². The van der Waals surface area contributed by atoms with Crippen LogP contribution in [-0.2, 0) is 6.54 Å². The highest BCUT2D eigenvalue weighted by atomic mass is 16.6. The number of aromatic nitrogens is 2. The molecule has 2 aromatic heterocycles. The average molecular weight is 336 g/mol. The highest BCUT2D eigenvalue weighted by Gasteiger charge is 2.13. The molecule has 0 saturated carbocycles. The number of carbonyl (C=O) groups excluding carboxylic acids is 1. The molecular weight excluding hydrogens is 316 g/mol. The summed E-state index contributed by atoms with van der Waals surface area (Å²) in [5.41, 5.74) is 2.84. The maximum absolute atomic E-state index is 12.4. The van der Waals surface area contributed by atoms with Crippen molar-refractivity contribution in [2.45, 2.75) is 6.54 Å². The molecule has 0 radical (unpaired) electrons. The molecule has 0 fully saturated rings. The van der Waals surface area contributed by atoms with Crippen LogP contribution in [0.5, 0.6) is 5.75 Å². The summed E-state index contributed by atoms with van der Waals surface area (Å²) in [5.74, 6) is 0.799. The Hall–Kier alpha value is -3.21. The molecule has 3 aromatic rings. The summed E-state index contributed by atoms with van der Waals surface area (Å²) >= 11 is 0. The van der Waals surface area contributed by atoms with E-state index in [1.807, 2.05) is 53.6 Å². The molecule has 0 aliphatic rings. The van der Waals surface area contributed by atoms with Gasteiger partial charge in [0.25, 0.3) is 0 Å². The summed E-state index contributed by atoms with van der Waals surface area (Å²) in [6.45, 7) is 0.297. The van der Waals surface area contributed by atoms with Crippen LogP contribution < -0.4 is 18.9 Å². The standard InChI is InChI=1S/C20H20N2O3/c1-24-19-5-3-18(4-6-19)20(23)15-21-11-7-16(8-12-21)17-9-13-22(25-2)14-10-17/h3-14H,15H2,1-2H3/q+2. The first-order valence-corrected chi connectivity index (χ1v) is 7.92. The minimum absolute atomic E-state index is 0.0567. The zero-order valence-electron chi connectivity index (χ0n) is 14.3. The lowest BCUT2D eigenvalue weighted by molar-refractivity contribution is -0.885. The summed E-state index contributed by atoms with van der Waals surface area (Å²) in [6.07, 6.45) is 7.52. The first kappa shape index (κ1) is 16.6. The van der Waals surface area contributed by atoms with Gasteiger partial charge in [-0.1, -0.05) is 0 Å². The third-order valence-electron chi connectivity index (χ3n) is 3.98. The monoisotopic (exact) mass is 336 g/mol. The van der Waals surface area contributed by atoms with Gasteiger partial charge < -0.3 is 4.74 Å². The van der Waals surface area contributed by atoms with E-state index in [-0.39, 0.29) is 5.78 Å². The molecule has 0 N–H and O–H groups in total. The predicted octanol–water partition coefficient (Wildman–Crippen LogP) is 1.88. The molecule has 0 amide bonds. The smallest absolute Gasteiger partial charge is 0.227 e. The van der Waals surface area contributed by atoms with Crippen LogP contribution in [0.25, 0.3) is 11.1 Å². The lowest BCUT2D eigenvalue weighted by Gasteiger charge is -2.02. The van der Waals surface area contributed by atoms with E-state index in [9.17, 15) is 4.79 Å². The molecule has 1 aromatic carbocycles. The molecule has 0 atom stereocenters. The molecule has 0 aliphatic heterocycles. The summed E-state index contributed by atoms with van der Waals surface area (Å²) in [5, 5.41) is 0. The minimum Gasteiger partial charge on any atom is -0.497 e. The van der Waals surface area contributed by atoms with Crippen molar-refractivity contribution >= 4 is 5.78 Å². The Morgan fingerprint density at radius 3 is 1.92 bits per heavy atom. The first-order chi connectivity index (χ1) is 12.2. The number of benzene rings is 1. The van der Waals surface area contributed by atoms with Crippen LogP contribution in [0.1, 0.15) is 10.4 Å². The summed E-state index contributed by atoms with van der Waals surface area (Å²) in [4.78, 5) is 17.5. The molecule has 25 heavy (non-hydrogen) atoms. The SMILES string of the molecule is COc1ccc(C(=O)C[n+]2ccc(-c3cc[n+](OC)cc3)cc2)cc1. The van der Waals surface area contributed by atoms with Crippen LogP contribution in [0.2, 0.25) is 0 Å². The summed E-state index contributed by atoms with van der Waals surface area (Å²) in [6, 6.07) is 15.1.